The van der Waals surface area contributed by atoms with Gasteiger partial charge in [0.1, 0.15) is 19.8 Å². The number of rotatable bonds is 52. The van der Waals surface area contributed by atoms with E-state index in [1.54, 1.807) is 14.2 Å². The highest BCUT2D eigenvalue weighted by molar-refractivity contribution is 7.50. The molecule has 378 valence electrons. The zero-order valence-corrected chi connectivity index (χ0v) is 38.9. The molecule has 0 bridgehead atoms. The molecule has 0 aromatic heterocycles. The van der Waals surface area contributed by atoms with E-state index in [2.05, 4.69) is 0 Å². The number of methoxy groups -OCH3 is 2. The van der Waals surface area contributed by atoms with Gasteiger partial charge >= 0.3 is 7.60 Å². The highest BCUT2D eigenvalue weighted by Crippen LogP contribution is 2.45. The highest BCUT2D eigenvalue weighted by Gasteiger charge is 2.21. The molecule has 0 fully saturated rings. The first-order chi connectivity index (χ1) is 31.4. The van der Waals surface area contributed by atoms with Gasteiger partial charge in [-0.15, -0.1) is 0 Å². The maximum atomic E-state index is 12.0. The molecule has 3 N–H and O–H groups in total. The highest BCUT2D eigenvalue weighted by atomic mass is 31.2. The molecule has 1 aromatic rings. The van der Waals surface area contributed by atoms with Crippen molar-refractivity contribution in [2.75, 3.05) is 226 Å². The Labute approximate surface area is 378 Å². The maximum absolute atomic E-state index is 12.0. The fourth-order valence-electron chi connectivity index (χ4n) is 4.79. The standard InChI is InChI=1S/C41H77O22P/c1-46-5-7-49-11-13-52-23-26-58-29-32-61-39-35-38(37-64(43,44)45)36-40(62-33-30-59-27-24-53-14-12-50-8-6-47-2)41(39)63-34-31-60-28-25-57-22-21-56-20-19-55-18-17-54-16-15-51-10-9-48-4-3-42/h35-36,42H,3-34,37H2,1-2H3,(H2,43,44,45). The Balaban J connectivity index is 2.48. The van der Waals surface area contributed by atoms with Gasteiger partial charge in [-0.1, -0.05) is 0 Å². The van der Waals surface area contributed by atoms with Crippen molar-refractivity contribution in [1.29, 1.82) is 0 Å². The number of aliphatic hydroxyl groups excluding tert-OH is 1. The fourth-order valence-corrected chi connectivity index (χ4v) is 5.45. The summed E-state index contributed by atoms with van der Waals surface area (Å²) in [5, 5.41) is 8.64. The summed E-state index contributed by atoms with van der Waals surface area (Å²) < 4.78 is 111. The summed E-state index contributed by atoms with van der Waals surface area (Å²) in [6, 6.07) is 3.02. The van der Waals surface area contributed by atoms with Crippen LogP contribution in [0.2, 0.25) is 0 Å². The minimum Gasteiger partial charge on any atom is -0.487 e. The summed E-state index contributed by atoms with van der Waals surface area (Å²) >= 11 is 0. The number of hydrogen-bond acceptors (Lipinski definition) is 20. The second kappa shape index (κ2) is 46.2. The Morgan fingerprint density at radius 3 is 0.844 bits per heavy atom. The number of ether oxygens (including phenoxy) is 18. The van der Waals surface area contributed by atoms with Gasteiger partial charge in [-0.25, -0.2) is 0 Å². The molecule has 0 amide bonds. The average molecular weight is 953 g/mol. The van der Waals surface area contributed by atoms with E-state index in [0.29, 0.717) is 171 Å². The van der Waals surface area contributed by atoms with Gasteiger partial charge in [0.25, 0.3) is 0 Å². The van der Waals surface area contributed by atoms with Crippen LogP contribution >= 0.6 is 7.60 Å². The summed E-state index contributed by atoms with van der Waals surface area (Å²) in [6.07, 6.45) is -0.536. The quantitative estimate of drug-likeness (QED) is 0.0609. The molecule has 0 aliphatic carbocycles. The van der Waals surface area contributed by atoms with Crippen molar-refractivity contribution in [2.24, 2.45) is 0 Å². The van der Waals surface area contributed by atoms with Crippen LogP contribution in [0.15, 0.2) is 12.1 Å². The zero-order valence-electron chi connectivity index (χ0n) is 38.0. The van der Waals surface area contributed by atoms with Crippen molar-refractivity contribution in [1.82, 2.24) is 0 Å². The van der Waals surface area contributed by atoms with Gasteiger partial charge in [0.15, 0.2) is 11.5 Å². The van der Waals surface area contributed by atoms with Crippen LogP contribution < -0.4 is 14.2 Å². The van der Waals surface area contributed by atoms with Crippen molar-refractivity contribution < 1.29 is 105 Å². The zero-order chi connectivity index (χ0) is 46.3. The molecule has 0 spiro atoms. The SMILES string of the molecule is COCCOCCOCCOCCOc1cc(CP(=O)(O)O)cc(OCCOCCOCCOCCOC)c1OCCOCCOCCOCCOCCOCCOCCOCCO. The first-order valence-electron chi connectivity index (χ1n) is 21.6. The van der Waals surface area contributed by atoms with Crippen molar-refractivity contribution in [3.05, 3.63) is 17.7 Å². The van der Waals surface area contributed by atoms with E-state index in [9.17, 15) is 14.4 Å². The van der Waals surface area contributed by atoms with Crippen LogP contribution in [0.1, 0.15) is 5.56 Å². The van der Waals surface area contributed by atoms with Gasteiger partial charge in [0.05, 0.1) is 198 Å². The first kappa shape index (κ1) is 60.1. The smallest absolute Gasteiger partial charge is 0.329 e. The van der Waals surface area contributed by atoms with E-state index in [0.717, 1.165) is 0 Å². The van der Waals surface area contributed by atoms with Gasteiger partial charge in [0.2, 0.25) is 5.75 Å². The van der Waals surface area contributed by atoms with Crippen molar-refractivity contribution in [2.45, 2.75) is 6.16 Å². The molecule has 0 saturated carbocycles. The second-order valence-electron chi connectivity index (χ2n) is 13.0. The molecule has 0 atom stereocenters. The Morgan fingerprint density at radius 1 is 0.359 bits per heavy atom. The van der Waals surface area contributed by atoms with Gasteiger partial charge in [-0.2, -0.15) is 0 Å². The average Bonchev–Trinajstić information content (AvgIpc) is 3.27. The van der Waals surface area contributed by atoms with E-state index in [4.69, 9.17) is 90.4 Å². The minimum absolute atomic E-state index is 0.00103. The van der Waals surface area contributed by atoms with Crippen LogP contribution in [0.25, 0.3) is 0 Å². The lowest BCUT2D eigenvalue weighted by atomic mass is 10.2. The van der Waals surface area contributed by atoms with E-state index in [1.807, 2.05) is 0 Å². The van der Waals surface area contributed by atoms with Crippen molar-refractivity contribution in [3.8, 4) is 17.2 Å². The van der Waals surface area contributed by atoms with Gasteiger partial charge in [0, 0.05) is 14.2 Å². The Morgan fingerprint density at radius 2 is 0.594 bits per heavy atom. The van der Waals surface area contributed by atoms with Crippen LogP contribution in [0.3, 0.4) is 0 Å². The summed E-state index contributed by atoms with van der Waals surface area (Å²) in [4.78, 5) is 19.5. The fraction of sp³-hybridized carbons (Fsp3) is 0.854. The van der Waals surface area contributed by atoms with Gasteiger partial charge in [-0.05, 0) is 17.7 Å². The number of hydrogen-bond donors (Lipinski definition) is 3. The monoisotopic (exact) mass is 952 g/mol. The molecule has 64 heavy (non-hydrogen) atoms. The van der Waals surface area contributed by atoms with Gasteiger partial charge < -0.3 is 100 Å². The third kappa shape index (κ3) is 40.4. The van der Waals surface area contributed by atoms with Crippen LogP contribution in [0, 0.1) is 0 Å². The van der Waals surface area contributed by atoms with Crippen LogP contribution in [0.5, 0.6) is 17.2 Å². The number of benzene rings is 1. The lowest BCUT2D eigenvalue weighted by Crippen LogP contribution is -2.16. The normalized spacial score (nSPS) is 11.8. The van der Waals surface area contributed by atoms with Gasteiger partial charge in [-0.3, -0.25) is 4.57 Å². The third-order valence-electron chi connectivity index (χ3n) is 7.73. The topological polar surface area (TPSA) is 244 Å². The number of aliphatic hydroxyl groups is 1. The molecular formula is C41H77O22P. The predicted molar refractivity (Wildman–Crippen MR) is 230 cm³/mol. The van der Waals surface area contributed by atoms with E-state index >= 15 is 0 Å². The Hall–Kier alpha value is -1.87. The third-order valence-corrected chi connectivity index (χ3v) is 8.51. The van der Waals surface area contributed by atoms with Crippen LogP contribution in [-0.2, 0) is 81.8 Å². The Kier molecular flexibility index (Phi) is 43.5. The molecule has 0 radical (unpaired) electrons. The summed E-state index contributed by atoms with van der Waals surface area (Å²) in [5.74, 6) is 0.675. The van der Waals surface area contributed by atoms with E-state index in [-0.39, 0.29) is 63.5 Å². The summed E-state index contributed by atoms with van der Waals surface area (Å²) in [5.41, 5.74) is 0.293. The molecule has 23 heteroatoms. The maximum Gasteiger partial charge on any atom is 0.329 e. The lowest BCUT2D eigenvalue weighted by molar-refractivity contribution is -0.0221. The summed E-state index contributed by atoms with van der Waals surface area (Å²) in [6.45, 7) is 11.5. The molecule has 22 nitrogen and oxygen atoms in total. The van der Waals surface area contributed by atoms with Crippen molar-refractivity contribution in [3.63, 3.8) is 0 Å². The molecule has 1 aromatic carbocycles. The molecule has 0 heterocycles. The molecular weight excluding hydrogens is 875 g/mol. The van der Waals surface area contributed by atoms with Crippen molar-refractivity contribution >= 4 is 7.60 Å². The van der Waals surface area contributed by atoms with Crippen LogP contribution in [-0.4, -0.2) is 241 Å². The Bertz CT molecular complexity index is 1130. The first-order valence-corrected chi connectivity index (χ1v) is 23.4. The predicted octanol–water partition coefficient (Wildman–Crippen LogP) is 1.00. The van der Waals surface area contributed by atoms with Crippen LogP contribution in [0.4, 0.5) is 0 Å². The summed E-state index contributed by atoms with van der Waals surface area (Å²) in [7, 11) is -1.22. The van der Waals surface area contributed by atoms with E-state index in [1.165, 1.54) is 12.1 Å². The lowest BCUT2D eigenvalue weighted by Gasteiger charge is -2.19. The molecule has 0 aliphatic rings. The minimum atomic E-state index is -4.44. The molecule has 1 rings (SSSR count). The molecule has 0 saturated heterocycles. The molecule has 0 aliphatic heterocycles. The largest absolute Gasteiger partial charge is 0.487 e. The van der Waals surface area contributed by atoms with E-state index < -0.39 is 13.8 Å². The second-order valence-corrected chi connectivity index (χ2v) is 14.6. The molecule has 0 unspecified atom stereocenters.